The smallest absolute Gasteiger partial charge is 0.131 e. The van der Waals surface area contributed by atoms with Crippen LogP contribution in [-0.4, -0.2) is 12.3 Å². The van der Waals surface area contributed by atoms with Gasteiger partial charge in [0.1, 0.15) is 5.78 Å². The molecule has 0 aromatic heterocycles. The maximum Gasteiger partial charge on any atom is 0.131 e. The number of hydrazine groups is 1. The van der Waals surface area contributed by atoms with E-state index in [1.807, 2.05) is 0 Å². The van der Waals surface area contributed by atoms with E-state index in [4.69, 9.17) is 5.84 Å². The van der Waals surface area contributed by atoms with Crippen LogP contribution in [0, 0.1) is 0 Å². The fourth-order valence-corrected chi connectivity index (χ4v) is 0.248. The highest BCUT2D eigenvalue weighted by Crippen LogP contribution is 1.73. The highest BCUT2D eigenvalue weighted by molar-refractivity contribution is 5.75. The number of carbonyl (C=O) groups is 1. The molecule has 3 N–H and O–H groups in total. The van der Waals surface area contributed by atoms with Gasteiger partial charge < -0.3 is 0 Å². The zero-order valence-electron chi connectivity index (χ0n) is 4.40. The molecule has 0 aromatic carbocycles. The van der Waals surface area contributed by atoms with Crippen molar-refractivity contribution in [3.8, 4) is 0 Å². The number of ketones is 1. The fraction of sp³-hybridized carbons (Fsp3) is 0.750. The second-order valence-corrected chi connectivity index (χ2v) is 1.41. The summed E-state index contributed by atoms with van der Waals surface area (Å²) in [5.74, 6) is 5.04. The van der Waals surface area contributed by atoms with Gasteiger partial charge in [0.05, 0.1) is 0 Å². The lowest BCUT2D eigenvalue weighted by Gasteiger charge is -1.90. The van der Waals surface area contributed by atoms with E-state index < -0.39 is 0 Å². The highest BCUT2D eigenvalue weighted by atomic mass is 16.1. The molecular formula is C4H10N2O. The van der Waals surface area contributed by atoms with Crippen molar-refractivity contribution in [2.45, 2.75) is 13.3 Å². The summed E-state index contributed by atoms with van der Waals surface area (Å²) in [6.07, 6.45) is 0.524. The van der Waals surface area contributed by atoms with Crippen LogP contribution in [0.4, 0.5) is 0 Å². The number of hydrogen-bond donors (Lipinski definition) is 2. The molecule has 0 radical (unpaired) electrons. The number of hydrogen-bond acceptors (Lipinski definition) is 3. The molecule has 3 heteroatoms. The van der Waals surface area contributed by atoms with Crippen LogP contribution >= 0.6 is 0 Å². The zero-order chi connectivity index (χ0) is 5.70. The highest BCUT2D eigenvalue weighted by Gasteiger charge is 1.87. The van der Waals surface area contributed by atoms with Gasteiger partial charge in [-0.05, 0) is 6.92 Å². The van der Waals surface area contributed by atoms with Crippen molar-refractivity contribution in [2.24, 2.45) is 5.84 Å². The molecule has 0 saturated heterocycles. The van der Waals surface area contributed by atoms with E-state index in [2.05, 4.69) is 5.43 Å². The van der Waals surface area contributed by atoms with Crippen LogP contribution in [0.15, 0.2) is 0 Å². The first kappa shape index (κ1) is 6.59. The molecule has 7 heavy (non-hydrogen) atoms. The van der Waals surface area contributed by atoms with Gasteiger partial charge in [-0.3, -0.25) is 16.1 Å². The first-order valence-corrected chi connectivity index (χ1v) is 2.20. The number of nitrogens with two attached hydrogens (primary N) is 1. The molecule has 0 aromatic rings. The number of carbonyl (C=O) groups excluding carboxylic acids is 1. The summed E-state index contributed by atoms with van der Waals surface area (Å²) in [7, 11) is 0. The normalized spacial score (nSPS) is 8.86. The van der Waals surface area contributed by atoms with E-state index in [-0.39, 0.29) is 5.78 Å². The quantitative estimate of drug-likeness (QED) is 0.370. The topological polar surface area (TPSA) is 55.1 Å². The Balaban J connectivity index is 2.82. The summed E-state index contributed by atoms with van der Waals surface area (Å²) in [6.45, 7) is 2.12. The predicted molar refractivity (Wildman–Crippen MR) is 27.5 cm³/mol. The minimum Gasteiger partial charge on any atom is -0.300 e. The van der Waals surface area contributed by atoms with Crippen molar-refractivity contribution in [3.05, 3.63) is 0 Å². The summed E-state index contributed by atoms with van der Waals surface area (Å²) in [4.78, 5) is 10.1. The lowest BCUT2D eigenvalue weighted by molar-refractivity contribution is -0.116. The predicted octanol–water partition coefficient (Wildman–Crippen LogP) is -0.571. The molecular weight excluding hydrogens is 92.1 g/mol. The van der Waals surface area contributed by atoms with Gasteiger partial charge >= 0.3 is 0 Å². The van der Waals surface area contributed by atoms with Crippen molar-refractivity contribution in [3.63, 3.8) is 0 Å². The van der Waals surface area contributed by atoms with Crippen molar-refractivity contribution in [1.29, 1.82) is 0 Å². The Morgan fingerprint density at radius 2 is 2.43 bits per heavy atom. The van der Waals surface area contributed by atoms with Crippen LogP contribution < -0.4 is 11.3 Å². The number of nitrogens with one attached hydrogen (secondary N) is 1. The second kappa shape index (κ2) is 3.77. The van der Waals surface area contributed by atoms with E-state index in [0.29, 0.717) is 13.0 Å². The monoisotopic (exact) mass is 102 g/mol. The molecule has 0 unspecified atom stereocenters. The lowest BCUT2D eigenvalue weighted by Crippen LogP contribution is -2.24. The van der Waals surface area contributed by atoms with Gasteiger partial charge in [0.15, 0.2) is 0 Å². The molecule has 0 amide bonds. The van der Waals surface area contributed by atoms with Crippen molar-refractivity contribution in [2.75, 3.05) is 6.54 Å². The third-order valence-corrected chi connectivity index (χ3v) is 0.621. The molecule has 0 aliphatic carbocycles. The number of Topliss-reactive ketones (excluding diaryl/α,β-unsaturated/α-hetero) is 1. The second-order valence-electron chi connectivity index (χ2n) is 1.41. The van der Waals surface area contributed by atoms with Crippen LogP contribution in [0.1, 0.15) is 13.3 Å². The molecule has 0 heterocycles. The maximum atomic E-state index is 10.1. The van der Waals surface area contributed by atoms with Crippen molar-refractivity contribution >= 4 is 5.78 Å². The number of rotatable bonds is 3. The summed E-state index contributed by atoms with van der Waals surface area (Å²) in [6, 6.07) is 0. The fourth-order valence-electron chi connectivity index (χ4n) is 0.248. The molecule has 0 saturated carbocycles. The SMILES string of the molecule is CC(=O)CCNN. The maximum absolute atomic E-state index is 10.1. The molecule has 0 aliphatic rings. The molecule has 42 valence electrons. The van der Waals surface area contributed by atoms with Gasteiger partial charge in [0, 0.05) is 13.0 Å². The first-order chi connectivity index (χ1) is 3.27. The van der Waals surface area contributed by atoms with Crippen LogP contribution in [0.2, 0.25) is 0 Å². The zero-order valence-corrected chi connectivity index (χ0v) is 4.40. The van der Waals surface area contributed by atoms with Gasteiger partial charge in [-0.15, -0.1) is 0 Å². The molecule has 0 fully saturated rings. The van der Waals surface area contributed by atoms with E-state index >= 15 is 0 Å². The van der Waals surface area contributed by atoms with Crippen LogP contribution in [0.25, 0.3) is 0 Å². The van der Waals surface area contributed by atoms with Gasteiger partial charge in [-0.25, -0.2) is 0 Å². The Morgan fingerprint density at radius 3 is 2.57 bits per heavy atom. The summed E-state index contributed by atoms with van der Waals surface area (Å²) in [5.41, 5.74) is 2.38. The van der Waals surface area contributed by atoms with Crippen LogP contribution in [-0.2, 0) is 4.79 Å². The molecule has 0 atom stereocenters. The van der Waals surface area contributed by atoms with E-state index in [1.54, 1.807) is 0 Å². The molecule has 0 bridgehead atoms. The van der Waals surface area contributed by atoms with Crippen LogP contribution in [0.3, 0.4) is 0 Å². The average Bonchev–Trinajstić information content (AvgIpc) is 1.61. The Kier molecular flexibility index (Phi) is 3.55. The van der Waals surface area contributed by atoms with E-state index in [0.717, 1.165) is 0 Å². The van der Waals surface area contributed by atoms with Gasteiger partial charge in [-0.1, -0.05) is 0 Å². The molecule has 0 aliphatic heterocycles. The Bertz CT molecular complexity index is 62.7. The van der Waals surface area contributed by atoms with E-state index in [9.17, 15) is 4.79 Å². The third-order valence-electron chi connectivity index (χ3n) is 0.621. The first-order valence-electron chi connectivity index (χ1n) is 2.20. The largest absolute Gasteiger partial charge is 0.300 e. The Hall–Kier alpha value is -0.410. The Morgan fingerprint density at radius 1 is 1.86 bits per heavy atom. The summed E-state index contributed by atoms with van der Waals surface area (Å²) >= 11 is 0. The van der Waals surface area contributed by atoms with E-state index in [1.165, 1.54) is 6.92 Å². The third kappa shape index (κ3) is 5.59. The molecule has 0 rings (SSSR count). The standard InChI is InChI=1S/C4H10N2O/c1-4(7)2-3-6-5/h6H,2-3,5H2,1H3. The average molecular weight is 102 g/mol. The molecule has 0 spiro atoms. The minimum absolute atomic E-state index is 0.165. The van der Waals surface area contributed by atoms with Crippen LogP contribution in [0.5, 0.6) is 0 Å². The molecule has 3 nitrogen and oxygen atoms in total. The van der Waals surface area contributed by atoms with Crippen molar-refractivity contribution in [1.82, 2.24) is 5.43 Å². The van der Waals surface area contributed by atoms with Crippen molar-refractivity contribution < 1.29 is 4.79 Å². The van der Waals surface area contributed by atoms with Gasteiger partial charge in [0.25, 0.3) is 0 Å². The summed E-state index contributed by atoms with van der Waals surface area (Å²) in [5, 5.41) is 0. The van der Waals surface area contributed by atoms with Gasteiger partial charge in [-0.2, -0.15) is 0 Å². The Labute approximate surface area is 42.9 Å². The summed E-state index contributed by atoms with van der Waals surface area (Å²) < 4.78 is 0. The minimum atomic E-state index is 0.165. The van der Waals surface area contributed by atoms with Gasteiger partial charge in [0.2, 0.25) is 0 Å². The lowest BCUT2D eigenvalue weighted by atomic mass is 10.3.